The fourth-order valence-corrected chi connectivity index (χ4v) is 3.61. The molecule has 1 aliphatic heterocycles. The number of aromatic nitrogens is 3. The summed E-state index contributed by atoms with van der Waals surface area (Å²) in [7, 11) is 1.58. The summed E-state index contributed by atoms with van der Waals surface area (Å²) < 4.78 is 5.55. The lowest BCUT2D eigenvalue weighted by Crippen LogP contribution is -2.23. The highest BCUT2D eigenvalue weighted by Crippen LogP contribution is 2.34. The van der Waals surface area contributed by atoms with E-state index in [-0.39, 0.29) is 11.9 Å². The Kier molecular flexibility index (Phi) is 5.62. The van der Waals surface area contributed by atoms with E-state index < -0.39 is 0 Å². The predicted octanol–water partition coefficient (Wildman–Crippen LogP) is 3.92. The van der Waals surface area contributed by atoms with Crippen LogP contribution in [0.2, 0.25) is 0 Å². The first-order chi connectivity index (χ1) is 15.0. The second-order valence-corrected chi connectivity index (χ2v) is 7.55. The molecule has 0 spiro atoms. The number of H-pyrrole nitrogens is 1. The number of hydrogen-bond acceptors (Lipinski definition) is 7. The van der Waals surface area contributed by atoms with Gasteiger partial charge in [0, 0.05) is 37.0 Å². The van der Waals surface area contributed by atoms with Gasteiger partial charge in [0.05, 0.1) is 23.7 Å². The van der Waals surface area contributed by atoms with Gasteiger partial charge in [-0.25, -0.2) is 0 Å². The number of rotatable bonds is 7. The summed E-state index contributed by atoms with van der Waals surface area (Å²) in [5, 5.41) is 16.7. The van der Waals surface area contributed by atoms with Gasteiger partial charge < -0.3 is 25.3 Å². The number of amides is 1. The maximum Gasteiger partial charge on any atom is 0.231 e. The van der Waals surface area contributed by atoms with Crippen molar-refractivity contribution in [1.82, 2.24) is 15.0 Å². The predicted molar refractivity (Wildman–Crippen MR) is 120 cm³/mol. The highest BCUT2D eigenvalue weighted by atomic mass is 16.5. The maximum atomic E-state index is 12.1. The summed E-state index contributed by atoms with van der Waals surface area (Å²) in [6.07, 6.45) is 3.98. The molecule has 1 aliphatic rings. The van der Waals surface area contributed by atoms with E-state index in [9.17, 15) is 10.1 Å². The standard InChI is InChI=1S/C22H25N7O2/c1-4-13(2)25-21-19-14(11-23)12-24-20(19)27-22(28-21)26-16-8-7-15(10-17(16)31-3)29-9-5-6-18(29)30/h7-8,10,12-13H,4-6,9H2,1-3H3,(H3,24,25,26,27,28). The van der Waals surface area contributed by atoms with Crippen molar-refractivity contribution in [2.45, 2.75) is 39.2 Å². The van der Waals surface area contributed by atoms with Crippen LogP contribution in [0, 0.1) is 11.3 Å². The second kappa shape index (κ2) is 8.52. The number of benzene rings is 1. The Labute approximate surface area is 180 Å². The zero-order valence-electron chi connectivity index (χ0n) is 17.8. The maximum absolute atomic E-state index is 12.1. The zero-order valence-corrected chi connectivity index (χ0v) is 17.8. The van der Waals surface area contributed by atoms with Crippen LogP contribution in [0.4, 0.5) is 23.1 Å². The van der Waals surface area contributed by atoms with Crippen LogP contribution < -0.4 is 20.3 Å². The number of nitriles is 1. The lowest BCUT2D eigenvalue weighted by Gasteiger charge is -2.19. The van der Waals surface area contributed by atoms with Gasteiger partial charge in [0.15, 0.2) is 0 Å². The van der Waals surface area contributed by atoms with Gasteiger partial charge in [-0.1, -0.05) is 6.92 Å². The molecule has 3 aromatic rings. The Bertz CT molecular complexity index is 1160. The van der Waals surface area contributed by atoms with E-state index in [0.717, 1.165) is 18.5 Å². The molecule has 1 fully saturated rings. The third kappa shape index (κ3) is 3.97. The van der Waals surface area contributed by atoms with Crippen LogP contribution in [0.15, 0.2) is 24.4 Å². The number of aromatic amines is 1. The van der Waals surface area contributed by atoms with Crippen molar-refractivity contribution in [2.75, 3.05) is 29.2 Å². The molecule has 3 N–H and O–H groups in total. The molecule has 9 heteroatoms. The van der Waals surface area contributed by atoms with E-state index in [0.29, 0.717) is 52.8 Å². The van der Waals surface area contributed by atoms with Crippen LogP contribution in [0.5, 0.6) is 5.75 Å². The van der Waals surface area contributed by atoms with Crippen LogP contribution in [0.1, 0.15) is 38.7 Å². The first kappa shape index (κ1) is 20.5. The summed E-state index contributed by atoms with van der Waals surface area (Å²) >= 11 is 0. The summed E-state index contributed by atoms with van der Waals surface area (Å²) in [4.78, 5) is 26.0. The van der Waals surface area contributed by atoms with Crippen LogP contribution >= 0.6 is 0 Å². The lowest BCUT2D eigenvalue weighted by atomic mass is 10.2. The van der Waals surface area contributed by atoms with Crippen molar-refractivity contribution in [3.63, 3.8) is 0 Å². The molecule has 0 radical (unpaired) electrons. The highest BCUT2D eigenvalue weighted by Gasteiger charge is 2.23. The first-order valence-corrected chi connectivity index (χ1v) is 10.3. The molecule has 0 saturated carbocycles. The molecule has 1 saturated heterocycles. The van der Waals surface area contributed by atoms with E-state index in [1.54, 1.807) is 18.2 Å². The van der Waals surface area contributed by atoms with Crippen molar-refractivity contribution in [2.24, 2.45) is 0 Å². The fraction of sp³-hybridized carbons (Fsp3) is 0.364. The Morgan fingerprint density at radius 2 is 2.23 bits per heavy atom. The minimum atomic E-state index is 0.123. The molecule has 1 unspecified atom stereocenters. The van der Waals surface area contributed by atoms with Crippen molar-refractivity contribution in [3.05, 3.63) is 30.0 Å². The number of carbonyl (C=O) groups is 1. The smallest absolute Gasteiger partial charge is 0.231 e. The summed E-state index contributed by atoms with van der Waals surface area (Å²) in [5.41, 5.74) is 2.55. The number of methoxy groups -OCH3 is 1. The minimum Gasteiger partial charge on any atom is -0.494 e. The number of anilines is 4. The summed E-state index contributed by atoms with van der Waals surface area (Å²) in [5.74, 6) is 1.67. The molecular formula is C22H25N7O2. The van der Waals surface area contributed by atoms with Crippen molar-refractivity contribution in [1.29, 1.82) is 5.26 Å². The summed E-state index contributed by atoms with van der Waals surface area (Å²) in [6, 6.07) is 7.93. The molecular weight excluding hydrogens is 394 g/mol. The Morgan fingerprint density at radius 1 is 1.39 bits per heavy atom. The van der Waals surface area contributed by atoms with Gasteiger partial charge >= 0.3 is 0 Å². The number of ether oxygens (including phenoxy) is 1. The first-order valence-electron chi connectivity index (χ1n) is 10.3. The van der Waals surface area contributed by atoms with Crippen molar-refractivity contribution in [3.8, 4) is 11.8 Å². The number of nitrogens with one attached hydrogen (secondary N) is 3. The molecule has 0 bridgehead atoms. The zero-order chi connectivity index (χ0) is 22.0. The normalized spacial score (nSPS) is 14.5. The van der Waals surface area contributed by atoms with Crippen LogP contribution in [-0.4, -0.2) is 40.6 Å². The lowest BCUT2D eigenvalue weighted by molar-refractivity contribution is -0.117. The number of fused-ring (bicyclic) bond motifs is 1. The molecule has 160 valence electrons. The molecule has 4 rings (SSSR count). The third-order valence-electron chi connectivity index (χ3n) is 5.46. The molecule has 31 heavy (non-hydrogen) atoms. The van der Waals surface area contributed by atoms with Crippen LogP contribution in [0.3, 0.4) is 0 Å². The van der Waals surface area contributed by atoms with Gasteiger partial charge in [0.2, 0.25) is 11.9 Å². The third-order valence-corrected chi connectivity index (χ3v) is 5.46. The molecule has 3 heterocycles. The van der Waals surface area contributed by atoms with E-state index in [1.807, 2.05) is 18.2 Å². The molecule has 1 atom stereocenters. The average Bonchev–Trinajstić information content (AvgIpc) is 3.39. The quantitative estimate of drug-likeness (QED) is 0.531. The number of nitrogens with zero attached hydrogens (tertiary/aromatic N) is 4. The molecule has 1 aromatic carbocycles. The Morgan fingerprint density at radius 3 is 2.90 bits per heavy atom. The summed E-state index contributed by atoms with van der Waals surface area (Å²) in [6.45, 7) is 4.85. The van der Waals surface area contributed by atoms with Gasteiger partial charge in [0.25, 0.3) is 0 Å². The van der Waals surface area contributed by atoms with Crippen LogP contribution in [0.25, 0.3) is 11.0 Å². The average molecular weight is 419 g/mol. The molecule has 9 nitrogen and oxygen atoms in total. The fourth-order valence-electron chi connectivity index (χ4n) is 3.61. The Balaban J connectivity index is 1.69. The monoisotopic (exact) mass is 419 g/mol. The number of carbonyl (C=O) groups excluding carboxylic acids is 1. The molecule has 0 aliphatic carbocycles. The highest BCUT2D eigenvalue weighted by molar-refractivity contribution is 5.96. The van der Waals surface area contributed by atoms with E-state index in [2.05, 4.69) is 45.5 Å². The van der Waals surface area contributed by atoms with E-state index in [4.69, 9.17) is 4.74 Å². The van der Waals surface area contributed by atoms with Crippen molar-refractivity contribution < 1.29 is 9.53 Å². The number of hydrogen-bond donors (Lipinski definition) is 3. The topological polar surface area (TPSA) is 119 Å². The van der Waals surface area contributed by atoms with Gasteiger partial charge in [-0.2, -0.15) is 15.2 Å². The minimum absolute atomic E-state index is 0.123. The van der Waals surface area contributed by atoms with E-state index in [1.165, 1.54) is 0 Å². The SMILES string of the molecule is CCC(C)Nc1nc(Nc2ccc(N3CCCC3=O)cc2OC)nc2[nH]cc(C#N)c12. The molecule has 2 aromatic heterocycles. The van der Waals surface area contributed by atoms with Crippen LogP contribution in [-0.2, 0) is 4.79 Å². The second-order valence-electron chi connectivity index (χ2n) is 7.55. The van der Waals surface area contributed by atoms with Gasteiger partial charge in [-0.3, -0.25) is 4.79 Å². The Hall–Kier alpha value is -3.80. The van der Waals surface area contributed by atoms with Gasteiger partial charge in [0.1, 0.15) is 23.3 Å². The van der Waals surface area contributed by atoms with E-state index >= 15 is 0 Å². The van der Waals surface area contributed by atoms with Gasteiger partial charge in [-0.15, -0.1) is 0 Å². The molecule has 1 amide bonds. The van der Waals surface area contributed by atoms with Crippen molar-refractivity contribution >= 4 is 40.1 Å². The largest absolute Gasteiger partial charge is 0.494 e. The van der Waals surface area contributed by atoms with Gasteiger partial charge in [-0.05, 0) is 31.9 Å².